The average Bonchev–Trinajstić information content (AvgIpc) is 2.50. The zero-order chi connectivity index (χ0) is 16.2. The van der Waals surface area contributed by atoms with Crippen LogP contribution in [0.2, 0.25) is 5.15 Å². The van der Waals surface area contributed by atoms with Gasteiger partial charge in [-0.3, -0.25) is 4.99 Å². The second-order valence-electron chi connectivity index (χ2n) is 5.24. The quantitative estimate of drug-likeness (QED) is 0.349. The molecular weight excluding hydrogens is 316 g/mol. The largest absolute Gasteiger partial charge is 0.382 e. The SMILES string of the molecule is CCCCCCCCSc1nc(N)c(C=NCCC)nc1Cl. The number of nitrogens with two attached hydrogens (primary N) is 1. The van der Waals surface area contributed by atoms with Gasteiger partial charge in [-0.1, -0.05) is 57.6 Å². The van der Waals surface area contributed by atoms with Crippen LogP contribution in [0.4, 0.5) is 5.82 Å². The molecule has 0 atom stereocenters. The van der Waals surface area contributed by atoms with E-state index in [0.29, 0.717) is 16.7 Å². The highest BCUT2D eigenvalue weighted by atomic mass is 35.5. The van der Waals surface area contributed by atoms with Gasteiger partial charge in [0.15, 0.2) is 11.0 Å². The Bertz CT molecular complexity index is 466. The molecule has 4 nitrogen and oxygen atoms in total. The zero-order valence-electron chi connectivity index (χ0n) is 13.6. The lowest BCUT2D eigenvalue weighted by Crippen LogP contribution is -2.03. The monoisotopic (exact) mass is 342 g/mol. The van der Waals surface area contributed by atoms with Crippen LogP contribution in [0, 0.1) is 0 Å². The number of hydrogen-bond donors (Lipinski definition) is 1. The summed E-state index contributed by atoms with van der Waals surface area (Å²) in [7, 11) is 0. The molecule has 0 amide bonds. The van der Waals surface area contributed by atoms with E-state index in [9.17, 15) is 0 Å². The van der Waals surface area contributed by atoms with Gasteiger partial charge in [0, 0.05) is 6.54 Å². The highest BCUT2D eigenvalue weighted by Gasteiger charge is 2.09. The van der Waals surface area contributed by atoms with Gasteiger partial charge in [-0.05, 0) is 18.6 Å². The molecule has 1 aromatic rings. The summed E-state index contributed by atoms with van der Waals surface area (Å²) in [6.45, 7) is 5.06. The van der Waals surface area contributed by atoms with Gasteiger partial charge < -0.3 is 5.73 Å². The first kappa shape index (κ1) is 19.2. The van der Waals surface area contributed by atoms with Crippen LogP contribution in [-0.2, 0) is 0 Å². The summed E-state index contributed by atoms with van der Waals surface area (Å²) in [4.78, 5) is 12.9. The predicted molar refractivity (Wildman–Crippen MR) is 98.3 cm³/mol. The van der Waals surface area contributed by atoms with Crippen molar-refractivity contribution in [3.63, 3.8) is 0 Å². The lowest BCUT2D eigenvalue weighted by molar-refractivity contribution is 0.627. The molecule has 1 rings (SSSR count). The van der Waals surface area contributed by atoms with Gasteiger partial charge in [0.2, 0.25) is 0 Å². The lowest BCUT2D eigenvalue weighted by atomic mass is 10.1. The van der Waals surface area contributed by atoms with Crippen LogP contribution < -0.4 is 5.73 Å². The maximum Gasteiger partial charge on any atom is 0.162 e. The lowest BCUT2D eigenvalue weighted by Gasteiger charge is -2.06. The Balaban J connectivity index is 2.42. The second kappa shape index (κ2) is 11.7. The average molecular weight is 343 g/mol. The minimum atomic E-state index is 0.398. The fraction of sp³-hybridized carbons (Fsp3) is 0.688. The number of halogens is 1. The molecule has 0 aliphatic carbocycles. The summed E-state index contributed by atoms with van der Waals surface area (Å²) >= 11 is 7.82. The summed E-state index contributed by atoms with van der Waals surface area (Å²) in [5.74, 6) is 1.40. The highest BCUT2D eigenvalue weighted by Crippen LogP contribution is 2.26. The maximum atomic E-state index is 6.18. The van der Waals surface area contributed by atoms with Crippen LogP contribution in [0.3, 0.4) is 0 Å². The van der Waals surface area contributed by atoms with Crippen molar-refractivity contribution in [1.82, 2.24) is 9.97 Å². The molecule has 124 valence electrons. The van der Waals surface area contributed by atoms with E-state index in [-0.39, 0.29) is 0 Å². The number of aliphatic imine (C=N–C) groups is 1. The molecule has 2 N–H and O–H groups in total. The number of anilines is 1. The third-order valence-corrected chi connectivity index (χ3v) is 4.61. The third-order valence-electron chi connectivity index (χ3n) is 3.18. The summed E-state index contributed by atoms with van der Waals surface area (Å²) < 4.78 is 0. The Labute approximate surface area is 143 Å². The van der Waals surface area contributed by atoms with Crippen LogP contribution >= 0.6 is 23.4 Å². The Morgan fingerprint density at radius 2 is 1.82 bits per heavy atom. The van der Waals surface area contributed by atoms with E-state index in [1.54, 1.807) is 18.0 Å². The smallest absolute Gasteiger partial charge is 0.162 e. The Kier molecular flexibility index (Phi) is 10.2. The highest BCUT2D eigenvalue weighted by molar-refractivity contribution is 7.99. The van der Waals surface area contributed by atoms with Crippen molar-refractivity contribution < 1.29 is 0 Å². The number of aromatic nitrogens is 2. The number of nitrogens with zero attached hydrogens (tertiary/aromatic N) is 3. The molecule has 1 heterocycles. The number of nitrogen functional groups attached to an aromatic ring is 1. The van der Waals surface area contributed by atoms with Crippen molar-refractivity contribution in [2.24, 2.45) is 4.99 Å². The third kappa shape index (κ3) is 7.45. The number of unbranched alkanes of at least 4 members (excludes halogenated alkanes) is 5. The molecule has 22 heavy (non-hydrogen) atoms. The minimum Gasteiger partial charge on any atom is -0.382 e. The van der Waals surface area contributed by atoms with Gasteiger partial charge in [0.25, 0.3) is 0 Å². The molecule has 0 saturated carbocycles. The summed E-state index contributed by atoms with van der Waals surface area (Å²) in [6.07, 6.45) is 10.3. The molecule has 0 radical (unpaired) electrons. The van der Waals surface area contributed by atoms with Crippen molar-refractivity contribution in [2.45, 2.75) is 63.8 Å². The standard InChI is InChI=1S/C16H27ClN4S/c1-3-5-6-7-8-9-11-22-16-14(17)20-13(15(18)21-16)12-19-10-4-2/h12H,3-11H2,1-2H3,(H2,18,21). The van der Waals surface area contributed by atoms with Crippen molar-refractivity contribution in [1.29, 1.82) is 0 Å². The van der Waals surface area contributed by atoms with Gasteiger partial charge in [0.1, 0.15) is 10.7 Å². The van der Waals surface area contributed by atoms with Gasteiger partial charge in [0.05, 0.1) is 6.21 Å². The zero-order valence-corrected chi connectivity index (χ0v) is 15.2. The maximum absolute atomic E-state index is 6.18. The van der Waals surface area contributed by atoms with E-state index < -0.39 is 0 Å². The first-order valence-corrected chi connectivity index (χ1v) is 9.51. The van der Waals surface area contributed by atoms with E-state index in [1.165, 1.54) is 38.5 Å². The number of rotatable bonds is 11. The van der Waals surface area contributed by atoms with E-state index >= 15 is 0 Å². The van der Waals surface area contributed by atoms with Crippen LogP contribution in [-0.4, -0.2) is 28.5 Å². The molecule has 0 bridgehead atoms. The van der Waals surface area contributed by atoms with Crippen molar-refractivity contribution in [3.8, 4) is 0 Å². The number of thioether (sulfide) groups is 1. The first-order valence-electron chi connectivity index (χ1n) is 8.14. The Morgan fingerprint density at radius 1 is 1.09 bits per heavy atom. The fourth-order valence-corrected chi connectivity index (χ4v) is 3.11. The van der Waals surface area contributed by atoms with Gasteiger partial charge >= 0.3 is 0 Å². The van der Waals surface area contributed by atoms with Crippen molar-refractivity contribution in [3.05, 3.63) is 10.8 Å². The summed E-state index contributed by atoms with van der Waals surface area (Å²) in [5, 5.41) is 1.14. The van der Waals surface area contributed by atoms with E-state index in [1.807, 2.05) is 0 Å². The molecule has 0 spiro atoms. The van der Waals surface area contributed by atoms with Gasteiger partial charge in [-0.25, -0.2) is 9.97 Å². The summed E-state index contributed by atoms with van der Waals surface area (Å²) in [5.41, 5.74) is 6.48. The molecule has 1 aromatic heterocycles. The fourth-order valence-electron chi connectivity index (χ4n) is 1.94. The minimum absolute atomic E-state index is 0.398. The van der Waals surface area contributed by atoms with E-state index in [4.69, 9.17) is 17.3 Å². The molecule has 0 fully saturated rings. The molecule has 0 aliphatic heterocycles. The van der Waals surface area contributed by atoms with Crippen LogP contribution in [0.25, 0.3) is 0 Å². The first-order chi connectivity index (χ1) is 10.7. The molecular formula is C16H27ClN4S. The van der Waals surface area contributed by atoms with Gasteiger partial charge in [-0.15, -0.1) is 11.8 Å². The molecule has 0 aliphatic rings. The second-order valence-corrected chi connectivity index (χ2v) is 6.68. The van der Waals surface area contributed by atoms with Crippen LogP contribution in [0.15, 0.2) is 10.0 Å². The Morgan fingerprint density at radius 3 is 2.55 bits per heavy atom. The van der Waals surface area contributed by atoms with E-state index in [2.05, 4.69) is 28.8 Å². The number of hydrogen-bond acceptors (Lipinski definition) is 5. The Hall–Kier alpha value is -0.810. The summed E-state index contributed by atoms with van der Waals surface area (Å²) in [6, 6.07) is 0. The molecule has 0 aromatic carbocycles. The topological polar surface area (TPSA) is 64.2 Å². The van der Waals surface area contributed by atoms with Crippen LogP contribution in [0.5, 0.6) is 0 Å². The molecule has 0 unspecified atom stereocenters. The van der Waals surface area contributed by atoms with E-state index in [0.717, 1.165) is 23.7 Å². The van der Waals surface area contributed by atoms with Crippen LogP contribution in [0.1, 0.15) is 64.5 Å². The molecule has 6 heteroatoms. The molecule has 0 saturated heterocycles. The predicted octanol–water partition coefficient (Wildman–Crippen LogP) is 4.99. The normalized spacial score (nSPS) is 11.4. The van der Waals surface area contributed by atoms with Crippen molar-refractivity contribution in [2.75, 3.05) is 18.0 Å². The van der Waals surface area contributed by atoms with Crippen molar-refractivity contribution >= 4 is 35.4 Å². The van der Waals surface area contributed by atoms with Gasteiger partial charge in [-0.2, -0.15) is 0 Å².